The highest BCUT2D eigenvalue weighted by Crippen LogP contribution is 2.10. The number of rotatable bonds is 3. The Morgan fingerprint density at radius 1 is 1.86 bits per heavy atom. The lowest BCUT2D eigenvalue weighted by molar-refractivity contribution is 0.0527. The van der Waals surface area contributed by atoms with Gasteiger partial charge in [0, 0.05) is 6.20 Å². The van der Waals surface area contributed by atoms with Crippen LogP contribution in [-0.2, 0) is 11.3 Å². The predicted octanol–water partition coefficient (Wildman–Crippen LogP) is 0.166. The zero-order chi connectivity index (χ0) is 10.6. The van der Waals surface area contributed by atoms with Gasteiger partial charge >= 0.3 is 5.97 Å². The van der Waals surface area contributed by atoms with Crippen LogP contribution in [0.1, 0.15) is 17.3 Å². The number of aromatic nitrogens is 2. The van der Waals surface area contributed by atoms with Crippen molar-refractivity contribution in [3.63, 3.8) is 0 Å². The van der Waals surface area contributed by atoms with Crippen LogP contribution in [0.25, 0.3) is 0 Å². The minimum absolute atomic E-state index is 0.0591. The lowest BCUT2D eigenvalue weighted by Gasteiger charge is -1.97. The Hall–Kier alpha value is -2.03. The van der Waals surface area contributed by atoms with Crippen molar-refractivity contribution in [1.29, 1.82) is 5.26 Å². The fraction of sp³-hybridized carbons (Fsp3) is 0.375. The van der Waals surface area contributed by atoms with Crippen LogP contribution in [0.15, 0.2) is 6.20 Å². The third kappa shape index (κ3) is 2.01. The standard InChI is InChI=1S/C8H10N4O2/c1-2-14-8(13)6-5-12(4-3-9)11-7(6)10/h5H,2,4H2,1H3,(H2,10,11). The van der Waals surface area contributed by atoms with Gasteiger partial charge in [-0.05, 0) is 6.92 Å². The van der Waals surface area contributed by atoms with Crippen LogP contribution >= 0.6 is 0 Å². The van der Waals surface area contributed by atoms with Gasteiger partial charge in [-0.1, -0.05) is 0 Å². The highest BCUT2D eigenvalue weighted by atomic mass is 16.5. The van der Waals surface area contributed by atoms with E-state index in [2.05, 4.69) is 5.10 Å². The number of carbonyl (C=O) groups is 1. The molecule has 6 nitrogen and oxygen atoms in total. The van der Waals surface area contributed by atoms with Gasteiger partial charge in [-0.3, -0.25) is 4.68 Å². The summed E-state index contributed by atoms with van der Waals surface area (Å²) in [7, 11) is 0. The molecule has 1 aromatic rings. The molecule has 0 spiro atoms. The number of hydrogen-bond donors (Lipinski definition) is 1. The van der Waals surface area contributed by atoms with E-state index < -0.39 is 5.97 Å². The molecule has 1 heterocycles. The SMILES string of the molecule is CCOC(=O)c1cn(CC#N)nc1N. The van der Waals surface area contributed by atoms with Crippen LogP contribution in [0.2, 0.25) is 0 Å². The van der Waals surface area contributed by atoms with Crippen LogP contribution in [0, 0.1) is 11.3 Å². The van der Waals surface area contributed by atoms with Crippen LogP contribution < -0.4 is 5.73 Å². The van der Waals surface area contributed by atoms with Crippen molar-refractivity contribution in [2.75, 3.05) is 12.3 Å². The summed E-state index contributed by atoms with van der Waals surface area (Å²) < 4.78 is 6.04. The molecule has 0 bridgehead atoms. The van der Waals surface area contributed by atoms with Gasteiger partial charge in [0.15, 0.2) is 5.82 Å². The van der Waals surface area contributed by atoms with Crippen LogP contribution in [0.5, 0.6) is 0 Å². The third-order valence-corrected chi connectivity index (χ3v) is 1.52. The molecule has 74 valence electrons. The minimum Gasteiger partial charge on any atom is -0.462 e. The molecule has 0 saturated carbocycles. The quantitative estimate of drug-likeness (QED) is 0.692. The van der Waals surface area contributed by atoms with Gasteiger partial charge in [0.05, 0.1) is 12.7 Å². The molecule has 0 aromatic carbocycles. The molecule has 0 radical (unpaired) electrons. The van der Waals surface area contributed by atoms with E-state index in [1.54, 1.807) is 6.92 Å². The van der Waals surface area contributed by atoms with Gasteiger partial charge in [0.2, 0.25) is 0 Å². The largest absolute Gasteiger partial charge is 0.462 e. The number of hydrogen-bond acceptors (Lipinski definition) is 5. The average Bonchev–Trinajstić information content (AvgIpc) is 2.48. The predicted molar refractivity (Wildman–Crippen MR) is 48.2 cm³/mol. The van der Waals surface area contributed by atoms with Gasteiger partial charge in [-0.15, -0.1) is 0 Å². The van der Waals surface area contributed by atoms with E-state index in [9.17, 15) is 4.79 Å². The van der Waals surface area contributed by atoms with Gasteiger partial charge in [-0.2, -0.15) is 10.4 Å². The van der Waals surface area contributed by atoms with Crippen molar-refractivity contribution in [2.24, 2.45) is 0 Å². The van der Waals surface area contributed by atoms with Crippen LogP contribution in [0.3, 0.4) is 0 Å². The Bertz CT molecular complexity index is 377. The fourth-order valence-electron chi connectivity index (χ4n) is 0.956. The normalized spacial score (nSPS) is 9.43. The van der Waals surface area contributed by atoms with Crippen LogP contribution in [-0.4, -0.2) is 22.4 Å². The molecule has 0 unspecified atom stereocenters. The summed E-state index contributed by atoms with van der Waals surface area (Å²) in [5, 5.41) is 12.2. The Balaban J connectivity index is 2.88. The molecular weight excluding hydrogens is 184 g/mol. The Morgan fingerprint density at radius 2 is 2.57 bits per heavy atom. The summed E-state index contributed by atoms with van der Waals surface area (Å²) in [6, 6.07) is 1.89. The molecule has 0 amide bonds. The molecule has 6 heteroatoms. The van der Waals surface area contributed by atoms with Crippen molar-refractivity contribution in [2.45, 2.75) is 13.5 Å². The van der Waals surface area contributed by atoms with Gasteiger partial charge in [0.1, 0.15) is 12.1 Å². The Labute approximate surface area is 80.9 Å². The number of ether oxygens (including phenoxy) is 1. The maximum Gasteiger partial charge on any atom is 0.343 e. The minimum atomic E-state index is -0.519. The second-order valence-corrected chi connectivity index (χ2v) is 2.50. The smallest absolute Gasteiger partial charge is 0.343 e. The summed E-state index contributed by atoms with van der Waals surface area (Å²) in [5.74, 6) is -0.437. The van der Waals surface area contributed by atoms with E-state index in [0.717, 1.165) is 0 Å². The maximum atomic E-state index is 11.2. The van der Waals surface area contributed by atoms with E-state index in [4.69, 9.17) is 15.7 Å². The molecule has 2 N–H and O–H groups in total. The molecule has 0 aliphatic heterocycles. The first-order valence-electron chi connectivity index (χ1n) is 4.06. The number of nitrogens with two attached hydrogens (primary N) is 1. The van der Waals surface area contributed by atoms with Crippen LogP contribution in [0.4, 0.5) is 5.82 Å². The third-order valence-electron chi connectivity index (χ3n) is 1.52. The van der Waals surface area contributed by atoms with Gasteiger partial charge in [0.25, 0.3) is 0 Å². The zero-order valence-corrected chi connectivity index (χ0v) is 7.73. The van der Waals surface area contributed by atoms with Crippen molar-refractivity contribution < 1.29 is 9.53 Å². The molecule has 0 aliphatic rings. The molecule has 1 aromatic heterocycles. The second-order valence-electron chi connectivity index (χ2n) is 2.50. The lowest BCUT2D eigenvalue weighted by atomic mass is 10.3. The average molecular weight is 194 g/mol. The van der Waals surface area contributed by atoms with E-state index in [0.29, 0.717) is 0 Å². The summed E-state index contributed by atoms with van der Waals surface area (Å²) in [4.78, 5) is 11.2. The molecule has 0 aliphatic carbocycles. The van der Waals surface area contributed by atoms with Crippen molar-refractivity contribution >= 4 is 11.8 Å². The second kappa shape index (κ2) is 4.28. The van der Waals surface area contributed by atoms with E-state index in [1.807, 2.05) is 6.07 Å². The first kappa shape index (κ1) is 10.1. The molecular formula is C8H10N4O2. The maximum absolute atomic E-state index is 11.2. The number of nitriles is 1. The Kier molecular flexibility index (Phi) is 3.07. The van der Waals surface area contributed by atoms with Gasteiger partial charge in [-0.25, -0.2) is 4.79 Å². The first-order chi connectivity index (χ1) is 6.69. The van der Waals surface area contributed by atoms with Crippen molar-refractivity contribution in [3.8, 4) is 6.07 Å². The lowest BCUT2D eigenvalue weighted by Crippen LogP contribution is -2.06. The summed E-state index contributed by atoms with van der Waals surface area (Å²) in [6.07, 6.45) is 1.40. The topological polar surface area (TPSA) is 93.9 Å². The number of carbonyl (C=O) groups excluding carboxylic acids is 1. The molecule has 0 atom stereocenters. The molecule has 0 saturated heterocycles. The van der Waals surface area contributed by atoms with E-state index >= 15 is 0 Å². The molecule has 0 fully saturated rings. The monoisotopic (exact) mass is 194 g/mol. The summed E-state index contributed by atoms with van der Waals surface area (Å²) >= 11 is 0. The number of nitrogen functional groups attached to an aromatic ring is 1. The summed E-state index contributed by atoms with van der Waals surface area (Å²) in [6.45, 7) is 2.04. The highest BCUT2D eigenvalue weighted by Gasteiger charge is 2.14. The molecule has 1 rings (SSSR count). The zero-order valence-electron chi connectivity index (χ0n) is 7.73. The van der Waals surface area contributed by atoms with E-state index in [1.165, 1.54) is 10.9 Å². The van der Waals surface area contributed by atoms with Crippen molar-refractivity contribution in [1.82, 2.24) is 9.78 Å². The number of nitrogens with zero attached hydrogens (tertiary/aromatic N) is 3. The first-order valence-corrected chi connectivity index (χ1v) is 4.06. The summed E-state index contributed by atoms with van der Waals surface area (Å²) in [5.41, 5.74) is 5.66. The number of esters is 1. The highest BCUT2D eigenvalue weighted by molar-refractivity contribution is 5.93. The Morgan fingerprint density at radius 3 is 3.14 bits per heavy atom. The molecule has 14 heavy (non-hydrogen) atoms. The van der Waals surface area contributed by atoms with Gasteiger partial charge < -0.3 is 10.5 Å². The van der Waals surface area contributed by atoms with Crippen molar-refractivity contribution in [3.05, 3.63) is 11.8 Å². The fourth-order valence-corrected chi connectivity index (χ4v) is 0.956. The van der Waals surface area contributed by atoms with E-state index in [-0.39, 0.29) is 24.5 Å². The number of anilines is 1.